The number of anilines is 1. The Balaban J connectivity index is 1.16. The van der Waals surface area contributed by atoms with Gasteiger partial charge in [-0.3, -0.25) is 15.1 Å². The van der Waals surface area contributed by atoms with E-state index in [2.05, 4.69) is 25.4 Å². The number of alkyl halides is 3. The smallest absolute Gasteiger partial charge is 0.416 e. The van der Waals surface area contributed by atoms with E-state index >= 15 is 0 Å². The van der Waals surface area contributed by atoms with Crippen molar-refractivity contribution in [2.24, 2.45) is 4.99 Å². The first-order valence-electron chi connectivity index (χ1n) is 14.3. The Morgan fingerprint density at radius 2 is 1.93 bits per heavy atom. The van der Waals surface area contributed by atoms with Crippen LogP contribution in [0.15, 0.2) is 52.2 Å². The lowest BCUT2D eigenvalue weighted by Gasteiger charge is -2.30. The molecule has 0 spiro atoms. The molecule has 238 valence electrons. The fourth-order valence-electron chi connectivity index (χ4n) is 5.59. The number of nitrogens with one attached hydrogen (secondary N) is 1. The molecule has 2 aliphatic rings. The zero-order valence-corrected chi connectivity index (χ0v) is 25.4. The highest BCUT2D eigenvalue weighted by atomic mass is 19.4. The lowest BCUT2D eigenvalue weighted by Crippen LogP contribution is -2.39. The summed E-state index contributed by atoms with van der Waals surface area (Å²) in [6.45, 7) is 3.99. The molecule has 0 aliphatic carbocycles. The third-order valence-electron chi connectivity index (χ3n) is 8.10. The summed E-state index contributed by atoms with van der Waals surface area (Å²) in [6.07, 6.45) is -3.03. The number of Topliss-reactive ketones (excluding diaryl/α,β-unsaturated/α-hetero) is 1. The van der Waals surface area contributed by atoms with Gasteiger partial charge in [-0.05, 0) is 42.3 Å². The number of methoxy groups -OCH3 is 2. The molecule has 1 N–H and O–H groups in total. The molecule has 14 heteroatoms. The van der Waals surface area contributed by atoms with Crippen molar-refractivity contribution in [2.75, 3.05) is 19.5 Å². The van der Waals surface area contributed by atoms with E-state index in [1.807, 2.05) is 13.0 Å². The van der Waals surface area contributed by atoms with E-state index in [0.29, 0.717) is 45.5 Å². The van der Waals surface area contributed by atoms with E-state index < -0.39 is 17.7 Å². The average molecular weight is 635 g/mol. The summed E-state index contributed by atoms with van der Waals surface area (Å²) in [5.74, 6) is 1.17. The van der Waals surface area contributed by atoms with Crippen LogP contribution in [0.3, 0.4) is 0 Å². The number of aryl methyl sites for hydroxylation is 1. The largest absolute Gasteiger partial charge is 0.497 e. The molecule has 6 rings (SSSR count). The Labute approximate surface area is 261 Å². The topological polar surface area (TPSA) is 132 Å². The Kier molecular flexibility index (Phi) is 7.96. The Hall–Kier alpha value is -5.27. The number of aliphatic imine (C=N–C) groups is 1. The van der Waals surface area contributed by atoms with Crippen molar-refractivity contribution in [3.05, 3.63) is 87.7 Å². The molecule has 4 aromatic rings. The van der Waals surface area contributed by atoms with Gasteiger partial charge in [0, 0.05) is 42.0 Å². The van der Waals surface area contributed by atoms with Gasteiger partial charge < -0.3 is 18.9 Å². The monoisotopic (exact) mass is 634 g/mol. The molecule has 11 nitrogen and oxygen atoms in total. The highest BCUT2D eigenvalue weighted by Gasteiger charge is 2.33. The molecular formula is C32H29F3N6O5. The second-order valence-electron chi connectivity index (χ2n) is 11.2. The minimum Gasteiger partial charge on any atom is -0.497 e. The zero-order valence-electron chi connectivity index (χ0n) is 25.4. The summed E-state index contributed by atoms with van der Waals surface area (Å²) in [5.41, 5.74) is 3.36. The Bertz CT molecular complexity index is 1890. The molecular weight excluding hydrogens is 605 g/mol. The van der Waals surface area contributed by atoms with Crippen molar-refractivity contribution in [1.82, 2.24) is 20.0 Å². The summed E-state index contributed by atoms with van der Waals surface area (Å²) < 4.78 is 55.9. The number of hydrogen-bond donors (Lipinski definition) is 1. The van der Waals surface area contributed by atoms with Crippen LogP contribution in [0.4, 0.5) is 29.5 Å². The third kappa shape index (κ3) is 5.89. The summed E-state index contributed by atoms with van der Waals surface area (Å²) in [7, 11) is 3.10. The lowest BCUT2D eigenvalue weighted by molar-refractivity contribution is -0.137. The summed E-state index contributed by atoms with van der Waals surface area (Å²) >= 11 is 0. The van der Waals surface area contributed by atoms with Crippen molar-refractivity contribution in [2.45, 2.75) is 51.9 Å². The number of hydrogen-bond acceptors (Lipinski definition) is 9. The second-order valence-corrected chi connectivity index (χ2v) is 11.2. The van der Waals surface area contributed by atoms with Gasteiger partial charge in [-0.15, -0.1) is 0 Å². The molecule has 2 aromatic carbocycles. The van der Waals surface area contributed by atoms with Crippen molar-refractivity contribution < 1.29 is 36.8 Å². The highest BCUT2D eigenvalue weighted by molar-refractivity contribution is 6.05. The van der Waals surface area contributed by atoms with E-state index in [1.165, 1.54) is 12.4 Å². The Morgan fingerprint density at radius 3 is 2.67 bits per heavy atom. The van der Waals surface area contributed by atoms with E-state index in [4.69, 9.17) is 14.0 Å². The molecule has 2 aliphatic heterocycles. The van der Waals surface area contributed by atoms with Crippen LogP contribution in [-0.4, -0.2) is 51.8 Å². The molecule has 0 radical (unpaired) electrons. The van der Waals surface area contributed by atoms with Crippen molar-refractivity contribution in [3.63, 3.8) is 0 Å². The number of carbonyl (C=O) groups excluding carboxylic acids is 2. The SMILES string of the molecule is COc1cc(C)c(CN2Cc3c(ncnc3C(=O)C[C@H](C)c3cc(C4=Nc5ccc(C(F)(F)F)cc5C4)no3)NC2=O)c(OC)c1. The first-order chi connectivity index (χ1) is 21.9. The van der Waals surface area contributed by atoms with Crippen molar-refractivity contribution in [3.8, 4) is 11.5 Å². The number of urea groups is 1. The van der Waals surface area contributed by atoms with Gasteiger partial charge in [-0.25, -0.2) is 14.8 Å². The minimum absolute atomic E-state index is 0.0130. The molecule has 46 heavy (non-hydrogen) atoms. The average Bonchev–Trinajstić information content (AvgIpc) is 3.69. The van der Waals surface area contributed by atoms with E-state index in [-0.39, 0.29) is 49.3 Å². The van der Waals surface area contributed by atoms with Gasteiger partial charge >= 0.3 is 12.2 Å². The van der Waals surface area contributed by atoms with E-state index in [0.717, 1.165) is 23.3 Å². The first kappa shape index (κ1) is 30.7. The Morgan fingerprint density at radius 1 is 1.13 bits per heavy atom. The molecule has 2 amide bonds. The van der Waals surface area contributed by atoms with Crippen LogP contribution in [0, 0.1) is 6.92 Å². The summed E-state index contributed by atoms with van der Waals surface area (Å²) in [5, 5.41) is 6.83. The maximum absolute atomic E-state index is 13.6. The molecule has 4 heterocycles. The molecule has 0 saturated carbocycles. The van der Waals surface area contributed by atoms with Gasteiger partial charge in [0.25, 0.3) is 0 Å². The highest BCUT2D eigenvalue weighted by Crippen LogP contribution is 2.37. The van der Waals surface area contributed by atoms with Crippen molar-refractivity contribution in [1.29, 1.82) is 0 Å². The number of nitrogens with zero attached hydrogens (tertiary/aromatic N) is 5. The van der Waals surface area contributed by atoms with Crippen LogP contribution >= 0.6 is 0 Å². The lowest BCUT2D eigenvalue weighted by atomic mass is 9.97. The predicted octanol–water partition coefficient (Wildman–Crippen LogP) is 6.41. The predicted molar refractivity (Wildman–Crippen MR) is 160 cm³/mol. The standard InChI is InChI=1S/C32H29F3N6O5/c1-16-7-20(44-3)11-28(45-4)21(16)13-41-14-22-29(36-15-37-30(22)39-31(41)43)26(42)8-17(2)27-12-25(40-46-27)24-10-18-9-19(32(33,34)35)5-6-23(18)38-24/h5-7,9,11-12,15,17H,8,10,13-14H2,1-4H3,(H,36,37,39,43)/t17-/m0/s1. The number of halogens is 3. The molecule has 0 fully saturated rings. The number of ether oxygens (including phenoxy) is 2. The van der Waals surface area contributed by atoms with E-state index in [1.54, 1.807) is 38.2 Å². The van der Waals surface area contributed by atoms with Crippen molar-refractivity contribution >= 4 is 29.0 Å². The third-order valence-corrected chi connectivity index (χ3v) is 8.10. The normalized spacial score (nSPS) is 14.7. The van der Waals surface area contributed by atoms with Gasteiger partial charge in [-0.2, -0.15) is 13.2 Å². The van der Waals surface area contributed by atoms with E-state index in [9.17, 15) is 22.8 Å². The summed E-state index contributed by atoms with van der Waals surface area (Å²) in [6, 6.07) is 8.30. The van der Waals surface area contributed by atoms with Crippen LogP contribution in [0.25, 0.3) is 0 Å². The number of benzene rings is 2. The van der Waals surface area contributed by atoms with Gasteiger partial charge in [0.1, 0.15) is 40.8 Å². The van der Waals surface area contributed by atoms with Crippen LogP contribution in [0.2, 0.25) is 0 Å². The summed E-state index contributed by atoms with van der Waals surface area (Å²) in [4.78, 5) is 41.0. The van der Waals surface area contributed by atoms with Crippen LogP contribution in [-0.2, 0) is 25.7 Å². The molecule has 0 bridgehead atoms. The van der Waals surface area contributed by atoms with Gasteiger partial charge in [0.05, 0.1) is 44.3 Å². The van der Waals surface area contributed by atoms with Crippen LogP contribution < -0.4 is 14.8 Å². The number of aromatic nitrogens is 3. The molecule has 2 aromatic heterocycles. The zero-order chi connectivity index (χ0) is 32.7. The van der Waals surface area contributed by atoms with Gasteiger partial charge in [0.15, 0.2) is 5.78 Å². The fraction of sp³-hybridized carbons (Fsp3) is 0.312. The molecule has 1 atom stereocenters. The second kappa shape index (κ2) is 11.9. The number of rotatable bonds is 9. The number of amides is 2. The maximum atomic E-state index is 13.6. The quantitative estimate of drug-likeness (QED) is 0.209. The maximum Gasteiger partial charge on any atom is 0.416 e. The number of carbonyl (C=O) groups is 2. The first-order valence-corrected chi connectivity index (χ1v) is 14.3. The molecule has 0 unspecified atom stereocenters. The number of ketones is 1. The van der Waals surface area contributed by atoms with Crippen LogP contribution in [0.1, 0.15) is 69.0 Å². The van der Waals surface area contributed by atoms with Gasteiger partial charge in [-0.1, -0.05) is 12.1 Å². The number of fused-ring (bicyclic) bond motifs is 2. The van der Waals surface area contributed by atoms with Gasteiger partial charge in [0.2, 0.25) is 0 Å². The molecule has 0 saturated heterocycles. The fourth-order valence-corrected chi connectivity index (χ4v) is 5.59. The van der Waals surface area contributed by atoms with Crippen LogP contribution in [0.5, 0.6) is 11.5 Å². The minimum atomic E-state index is -4.45.